The lowest BCUT2D eigenvalue weighted by Gasteiger charge is -2.16. The maximum absolute atomic E-state index is 5.00. The Labute approximate surface area is 185 Å². The monoisotopic (exact) mass is 416 g/mol. The van der Waals surface area contributed by atoms with E-state index in [1.165, 1.54) is 43.2 Å². The summed E-state index contributed by atoms with van der Waals surface area (Å²) < 4.78 is 0. The zero-order chi connectivity index (χ0) is 22.0. The number of aliphatic imine (C=N–C) groups is 2. The molecule has 1 aliphatic heterocycles. The van der Waals surface area contributed by atoms with Crippen LogP contribution in [0.4, 0.5) is 11.4 Å². The predicted molar refractivity (Wildman–Crippen MR) is 135 cm³/mol. The van der Waals surface area contributed by atoms with E-state index in [2.05, 4.69) is 91.8 Å². The predicted octanol–water partition coefficient (Wildman–Crippen LogP) is 8.33. The first kappa shape index (κ1) is 22.3. The van der Waals surface area contributed by atoms with Crippen LogP contribution < -0.4 is 0 Å². The van der Waals surface area contributed by atoms with Crippen LogP contribution in [0.2, 0.25) is 0 Å². The third-order valence-electron chi connectivity index (χ3n) is 5.37. The van der Waals surface area contributed by atoms with Gasteiger partial charge in [-0.05, 0) is 84.1 Å². The number of thioether (sulfide) groups is 1. The summed E-state index contributed by atoms with van der Waals surface area (Å²) in [6.45, 7) is 17.1. The summed E-state index contributed by atoms with van der Waals surface area (Å²) in [6, 6.07) is 8.82. The molecule has 156 valence electrons. The van der Waals surface area contributed by atoms with Crippen LogP contribution >= 0.6 is 11.8 Å². The summed E-state index contributed by atoms with van der Waals surface area (Å²) in [6.07, 6.45) is 5.44. The molecule has 0 N–H and O–H groups in total. The first-order chi connectivity index (χ1) is 14.2. The minimum Gasteiger partial charge on any atom is -0.252 e. The van der Waals surface area contributed by atoms with E-state index >= 15 is 0 Å². The van der Waals surface area contributed by atoms with E-state index < -0.39 is 0 Å². The van der Waals surface area contributed by atoms with Crippen LogP contribution in [0.1, 0.15) is 53.6 Å². The highest BCUT2D eigenvalue weighted by Gasteiger charge is 2.15. The zero-order valence-corrected chi connectivity index (χ0v) is 20.3. The number of allylic oxidation sites excluding steroid dienone is 4. The van der Waals surface area contributed by atoms with Crippen LogP contribution in [-0.4, -0.2) is 11.4 Å². The van der Waals surface area contributed by atoms with E-state index in [4.69, 9.17) is 9.98 Å². The van der Waals surface area contributed by atoms with Crippen LogP contribution in [0.3, 0.4) is 0 Å². The molecule has 3 heteroatoms. The standard InChI is InChI=1S/C27H32N2S/c1-16-12-18(3)26(19(4)13-16)28-22(7)24-10-9-11-25(30-24)23(8)29-27-20(5)14-17(2)15-21(27)6/h10-15H,9H2,1-8H3/b28-22+,29-23+. The molecule has 0 radical (unpaired) electrons. The van der Waals surface area contributed by atoms with Crippen molar-refractivity contribution in [3.63, 3.8) is 0 Å². The number of rotatable bonds is 4. The lowest BCUT2D eigenvalue weighted by molar-refractivity contribution is 1.28. The smallest absolute Gasteiger partial charge is 0.0691 e. The molecule has 0 spiro atoms. The van der Waals surface area contributed by atoms with Gasteiger partial charge in [-0.15, -0.1) is 0 Å². The fourth-order valence-corrected chi connectivity index (χ4v) is 5.04. The molecular weight excluding hydrogens is 384 g/mol. The largest absolute Gasteiger partial charge is 0.252 e. The highest BCUT2D eigenvalue weighted by atomic mass is 32.2. The molecule has 1 aliphatic rings. The Hall–Kier alpha value is -2.39. The van der Waals surface area contributed by atoms with Crippen LogP contribution in [0.15, 0.2) is 56.2 Å². The lowest BCUT2D eigenvalue weighted by atomic mass is 10.1. The molecule has 0 aliphatic carbocycles. The first-order valence-corrected chi connectivity index (χ1v) is 11.3. The summed E-state index contributed by atoms with van der Waals surface area (Å²) in [5.74, 6) is 0. The number of hydrogen-bond donors (Lipinski definition) is 0. The average Bonchev–Trinajstić information content (AvgIpc) is 2.67. The molecule has 0 saturated carbocycles. The summed E-state index contributed by atoms with van der Waals surface area (Å²) in [5.41, 5.74) is 11.8. The maximum Gasteiger partial charge on any atom is 0.0691 e. The summed E-state index contributed by atoms with van der Waals surface area (Å²) in [4.78, 5) is 12.4. The Kier molecular flexibility index (Phi) is 6.82. The van der Waals surface area contributed by atoms with Crippen molar-refractivity contribution in [1.29, 1.82) is 0 Å². The minimum absolute atomic E-state index is 0.912. The molecule has 0 atom stereocenters. The summed E-state index contributed by atoms with van der Waals surface area (Å²) in [5, 5.41) is 0. The van der Waals surface area contributed by atoms with E-state index in [-0.39, 0.29) is 0 Å². The summed E-state index contributed by atoms with van der Waals surface area (Å²) >= 11 is 1.78. The molecule has 0 aromatic heterocycles. The van der Waals surface area contributed by atoms with Gasteiger partial charge in [0.05, 0.1) is 22.8 Å². The van der Waals surface area contributed by atoms with Gasteiger partial charge in [-0.3, -0.25) is 9.98 Å². The van der Waals surface area contributed by atoms with Gasteiger partial charge in [0.2, 0.25) is 0 Å². The lowest BCUT2D eigenvalue weighted by Crippen LogP contribution is -2.03. The van der Waals surface area contributed by atoms with Crippen molar-refractivity contribution in [2.45, 2.75) is 61.8 Å². The maximum atomic E-state index is 5.00. The fraction of sp³-hybridized carbons (Fsp3) is 0.333. The molecule has 30 heavy (non-hydrogen) atoms. The van der Waals surface area contributed by atoms with Gasteiger partial charge in [-0.25, -0.2) is 0 Å². The molecule has 0 bridgehead atoms. The van der Waals surface area contributed by atoms with Crippen molar-refractivity contribution in [1.82, 2.24) is 0 Å². The van der Waals surface area contributed by atoms with E-state index in [9.17, 15) is 0 Å². The highest BCUT2D eigenvalue weighted by Crippen LogP contribution is 2.36. The van der Waals surface area contributed by atoms with Crippen molar-refractivity contribution in [2.75, 3.05) is 0 Å². The molecule has 0 unspecified atom stereocenters. The normalized spacial score (nSPS) is 15.2. The van der Waals surface area contributed by atoms with Gasteiger partial charge in [-0.1, -0.05) is 59.3 Å². The van der Waals surface area contributed by atoms with E-state index in [1.54, 1.807) is 11.8 Å². The van der Waals surface area contributed by atoms with Crippen molar-refractivity contribution >= 4 is 34.6 Å². The number of benzene rings is 2. The van der Waals surface area contributed by atoms with Crippen molar-refractivity contribution in [3.8, 4) is 0 Å². The fourth-order valence-electron chi connectivity index (χ4n) is 4.06. The summed E-state index contributed by atoms with van der Waals surface area (Å²) in [7, 11) is 0. The molecule has 2 aromatic carbocycles. The van der Waals surface area contributed by atoms with E-state index in [1.807, 2.05) is 0 Å². The molecule has 2 nitrogen and oxygen atoms in total. The van der Waals surface area contributed by atoms with Gasteiger partial charge in [0.15, 0.2) is 0 Å². The van der Waals surface area contributed by atoms with Crippen LogP contribution in [0, 0.1) is 41.5 Å². The number of nitrogens with zero attached hydrogens (tertiary/aromatic N) is 2. The van der Waals surface area contributed by atoms with Gasteiger partial charge in [0.1, 0.15) is 0 Å². The van der Waals surface area contributed by atoms with Gasteiger partial charge >= 0.3 is 0 Å². The van der Waals surface area contributed by atoms with Crippen molar-refractivity contribution in [3.05, 3.63) is 79.6 Å². The first-order valence-electron chi connectivity index (χ1n) is 10.5. The Morgan fingerprint density at radius 3 is 1.30 bits per heavy atom. The highest BCUT2D eigenvalue weighted by molar-refractivity contribution is 8.08. The number of aryl methyl sites for hydroxylation is 6. The topological polar surface area (TPSA) is 24.7 Å². The molecule has 0 saturated heterocycles. The van der Waals surface area contributed by atoms with Crippen LogP contribution in [0.25, 0.3) is 0 Å². The Balaban J connectivity index is 1.85. The number of hydrogen-bond acceptors (Lipinski definition) is 3. The average molecular weight is 417 g/mol. The molecule has 2 aromatic rings. The molecule has 3 rings (SSSR count). The zero-order valence-electron chi connectivity index (χ0n) is 19.5. The third kappa shape index (κ3) is 5.02. The Morgan fingerprint density at radius 1 is 0.633 bits per heavy atom. The van der Waals surface area contributed by atoms with Crippen LogP contribution in [0.5, 0.6) is 0 Å². The Morgan fingerprint density at radius 2 is 0.967 bits per heavy atom. The minimum atomic E-state index is 0.912. The van der Waals surface area contributed by atoms with E-state index in [0.29, 0.717) is 0 Å². The van der Waals surface area contributed by atoms with Crippen molar-refractivity contribution in [2.24, 2.45) is 9.98 Å². The van der Waals surface area contributed by atoms with Gasteiger partial charge in [-0.2, -0.15) is 0 Å². The molecular formula is C27H32N2S. The van der Waals surface area contributed by atoms with Crippen LogP contribution in [-0.2, 0) is 0 Å². The van der Waals surface area contributed by atoms with Gasteiger partial charge in [0.25, 0.3) is 0 Å². The van der Waals surface area contributed by atoms with Crippen molar-refractivity contribution < 1.29 is 0 Å². The second-order valence-electron chi connectivity index (χ2n) is 8.36. The molecule has 1 heterocycles. The van der Waals surface area contributed by atoms with Gasteiger partial charge < -0.3 is 0 Å². The quantitative estimate of drug-likeness (QED) is 0.460. The SMILES string of the molecule is C/C(=N\c1c(C)cc(C)cc1C)C1=CCC=C(/C(C)=N/c2c(C)cc(C)cc2C)S1. The Bertz CT molecular complexity index is 980. The molecule has 0 amide bonds. The van der Waals surface area contributed by atoms with E-state index in [0.717, 1.165) is 29.2 Å². The third-order valence-corrected chi connectivity index (χ3v) is 6.73. The van der Waals surface area contributed by atoms with Gasteiger partial charge in [0, 0.05) is 9.81 Å². The molecule has 0 fully saturated rings. The second kappa shape index (κ2) is 9.18. The second-order valence-corrected chi connectivity index (χ2v) is 9.45.